The van der Waals surface area contributed by atoms with Gasteiger partial charge in [-0.05, 0) is 27.7 Å². The smallest absolute Gasteiger partial charge is 0.363 e. The molecule has 0 rings (SSSR count). The van der Waals surface area contributed by atoms with E-state index in [0.29, 0.717) is 0 Å². The molecular formula is C7H13F3O. The monoisotopic (exact) mass is 170 g/mol. The molecule has 0 aliphatic heterocycles. The van der Waals surface area contributed by atoms with Crippen LogP contribution in [0.15, 0.2) is 0 Å². The van der Waals surface area contributed by atoms with Crippen molar-refractivity contribution in [1.29, 1.82) is 0 Å². The Labute approximate surface area is 64.5 Å². The van der Waals surface area contributed by atoms with E-state index in [4.69, 9.17) is 0 Å². The van der Waals surface area contributed by atoms with Gasteiger partial charge in [0.05, 0.1) is 6.10 Å². The van der Waals surface area contributed by atoms with E-state index in [0.717, 1.165) is 13.8 Å². The van der Waals surface area contributed by atoms with Gasteiger partial charge in [0.25, 0.3) is 0 Å². The number of hydrogen-bond donors (Lipinski definition) is 0. The lowest BCUT2D eigenvalue weighted by Crippen LogP contribution is -2.43. The minimum atomic E-state index is -4.29. The Morgan fingerprint density at radius 3 is 1.55 bits per heavy atom. The predicted octanol–water partition coefficient (Wildman–Crippen LogP) is 2.75. The highest BCUT2D eigenvalue weighted by Crippen LogP contribution is 2.33. The Morgan fingerprint density at radius 2 is 1.45 bits per heavy atom. The molecule has 0 aromatic carbocycles. The predicted molar refractivity (Wildman–Crippen MR) is 36.4 cm³/mol. The highest BCUT2D eigenvalue weighted by atomic mass is 19.4. The minimum absolute atomic E-state index is 0.411. The van der Waals surface area contributed by atoms with E-state index in [1.54, 1.807) is 13.8 Å². The van der Waals surface area contributed by atoms with Crippen molar-refractivity contribution >= 4 is 0 Å². The van der Waals surface area contributed by atoms with Crippen LogP contribution in [-0.4, -0.2) is 17.9 Å². The summed E-state index contributed by atoms with van der Waals surface area (Å²) in [6.45, 7) is 5.20. The highest BCUT2D eigenvalue weighted by molar-refractivity contribution is 4.78. The third-order valence-electron chi connectivity index (χ3n) is 1.21. The van der Waals surface area contributed by atoms with E-state index in [1.807, 2.05) is 0 Å². The highest BCUT2D eigenvalue weighted by Gasteiger charge is 2.48. The average Bonchev–Trinajstić information content (AvgIpc) is 1.56. The maximum atomic E-state index is 12.1. The van der Waals surface area contributed by atoms with Crippen LogP contribution in [0.2, 0.25) is 0 Å². The van der Waals surface area contributed by atoms with Crippen LogP contribution in [0.3, 0.4) is 0 Å². The number of halogens is 3. The fraction of sp³-hybridized carbons (Fsp3) is 1.00. The molecule has 0 heterocycles. The lowest BCUT2D eigenvalue weighted by molar-refractivity contribution is -0.273. The Bertz CT molecular complexity index is 126. The van der Waals surface area contributed by atoms with E-state index in [9.17, 15) is 13.2 Å². The van der Waals surface area contributed by atoms with Crippen molar-refractivity contribution in [3.8, 4) is 0 Å². The van der Waals surface area contributed by atoms with Crippen molar-refractivity contribution in [3.63, 3.8) is 0 Å². The van der Waals surface area contributed by atoms with E-state index in [1.165, 1.54) is 0 Å². The standard InChI is InChI=1S/C7H13F3O/c1-5(2)11-6(3,4)7(8,9)10/h5H,1-4H3. The van der Waals surface area contributed by atoms with Gasteiger partial charge < -0.3 is 4.74 Å². The molecule has 1 nitrogen and oxygen atoms in total. The van der Waals surface area contributed by atoms with Crippen LogP contribution in [0.5, 0.6) is 0 Å². The number of hydrogen-bond acceptors (Lipinski definition) is 1. The molecular weight excluding hydrogens is 157 g/mol. The molecule has 0 saturated carbocycles. The minimum Gasteiger partial charge on any atom is -0.363 e. The first-order chi connectivity index (χ1) is 4.67. The van der Waals surface area contributed by atoms with Gasteiger partial charge in [-0.15, -0.1) is 0 Å². The molecule has 68 valence electrons. The van der Waals surface area contributed by atoms with Crippen molar-refractivity contribution in [3.05, 3.63) is 0 Å². The molecule has 0 N–H and O–H groups in total. The zero-order valence-corrected chi connectivity index (χ0v) is 7.12. The van der Waals surface area contributed by atoms with Gasteiger partial charge in [-0.2, -0.15) is 13.2 Å². The van der Waals surface area contributed by atoms with Gasteiger partial charge in [0.1, 0.15) is 0 Å². The second kappa shape index (κ2) is 3.01. The summed E-state index contributed by atoms with van der Waals surface area (Å²) in [4.78, 5) is 0. The summed E-state index contributed by atoms with van der Waals surface area (Å²) in [5.74, 6) is 0. The fourth-order valence-electron chi connectivity index (χ4n) is 0.656. The molecule has 0 spiro atoms. The topological polar surface area (TPSA) is 9.23 Å². The summed E-state index contributed by atoms with van der Waals surface area (Å²) in [6.07, 6.45) is -4.70. The van der Waals surface area contributed by atoms with Gasteiger partial charge in [-0.1, -0.05) is 0 Å². The molecule has 0 aliphatic carbocycles. The average molecular weight is 170 g/mol. The fourth-order valence-corrected chi connectivity index (χ4v) is 0.656. The second-order valence-electron chi connectivity index (χ2n) is 3.17. The Kier molecular flexibility index (Phi) is 2.94. The largest absolute Gasteiger partial charge is 0.416 e. The zero-order valence-electron chi connectivity index (χ0n) is 7.12. The molecule has 0 fully saturated rings. The van der Waals surface area contributed by atoms with Crippen LogP contribution in [0.1, 0.15) is 27.7 Å². The summed E-state index contributed by atoms with van der Waals surface area (Å²) < 4.78 is 40.9. The quantitative estimate of drug-likeness (QED) is 0.619. The Morgan fingerprint density at radius 1 is 1.09 bits per heavy atom. The van der Waals surface area contributed by atoms with E-state index >= 15 is 0 Å². The molecule has 0 amide bonds. The van der Waals surface area contributed by atoms with Crippen molar-refractivity contribution in [1.82, 2.24) is 0 Å². The maximum Gasteiger partial charge on any atom is 0.416 e. The van der Waals surface area contributed by atoms with Gasteiger partial charge in [-0.3, -0.25) is 0 Å². The van der Waals surface area contributed by atoms with Crippen molar-refractivity contribution < 1.29 is 17.9 Å². The molecule has 0 unspecified atom stereocenters. The van der Waals surface area contributed by atoms with Crippen LogP contribution < -0.4 is 0 Å². The normalized spacial score (nSPS) is 14.2. The van der Waals surface area contributed by atoms with Gasteiger partial charge in [-0.25, -0.2) is 0 Å². The second-order valence-corrected chi connectivity index (χ2v) is 3.17. The first kappa shape index (κ1) is 10.8. The van der Waals surface area contributed by atoms with Crippen molar-refractivity contribution in [2.75, 3.05) is 0 Å². The molecule has 0 aromatic heterocycles. The zero-order chi connectivity index (χ0) is 9.28. The molecule has 0 radical (unpaired) electrons. The third-order valence-corrected chi connectivity index (χ3v) is 1.21. The SMILES string of the molecule is CC(C)OC(C)(C)C(F)(F)F. The van der Waals surface area contributed by atoms with Crippen LogP contribution >= 0.6 is 0 Å². The molecule has 0 aliphatic rings. The van der Waals surface area contributed by atoms with Crippen LogP contribution in [0.25, 0.3) is 0 Å². The van der Waals surface area contributed by atoms with Crippen LogP contribution in [0.4, 0.5) is 13.2 Å². The van der Waals surface area contributed by atoms with Crippen LogP contribution in [-0.2, 0) is 4.74 Å². The molecule has 0 atom stereocenters. The third kappa shape index (κ3) is 3.10. The number of rotatable bonds is 2. The van der Waals surface area contributed by atoms with Crippen molar-refractivity contribution in [2.24, 2.45) is 0 Å². The van der Waals surface area contributed by atoms with Gasteiger partial charge >= 0.3 is 6.18 Å². The van der Waals surface area contributed by atoms with E-state index in [-0.39, 0.29) is 0 Å². The number of ether oxygens (including phenoxy) is 1. The van der Waals surface area contributed by atoms with Crippen LogP contribution in [0, 0.1) is 0 Å². The van der Waals surface area contributed by atoms with E-state index in [2.05, 4.69) is 4.74 Å². The first-order valence-corrected chi connectivity index (χ1v) is 3.41. The Hall–Kier alpha value is -0.250. The Balaban J connectivity index is 4.22. The number of alkyl halides is 3. The lowest BCUT2D eigenvalue weighted by Gasteiger charge is -2.29. The molecule has 4 heteroatoms. The molecule has 0 aromatic rings. The molecule has 0 saturated heterocycles. The summed E-state index contributed by atoms with van der Waals surface area (Å²) in [7, 11) is 0. The summed E-state index contributed by atoms with van der Waals surface area (Å²) >= 11 is 0. The summed E-state index contributed by atoms with van der Waals surface area (Å²) in [5.41, 5.74) is -2.04. The summed E-state index contributed by atoms with van der Waals surface area (Å²) in [6, 6.07) is 0. The maximum absolute atomic E-state index is 12.1. The van der Waals surface area contributed by atoms with Gasteiger partial charge in [0, 0.05) is 0 Å². The first-order valence-electron chi connectivity index (χ1n) is 3.41. The lowest BCUT2D eigenvalue weighted by atomic mass is 10.1. The summed E-state index contributed by atoms with van der Waals surface area (Å²) in [5, 5.41) is 0. The van der Waals surface area contributed by atoms with E-state index < -0.39 is 17.9 Å². The van der Waals surface area contributed by atoms with Gasteiger partial charge in [0.15, 0.2) is 5.60 Å². The molecule has 11 heavy (non-hydrogen) atoms. The van der Waals surface area contributed by atoms with Crippen molar-refractivity contribution in [2.45, 2.75) is 45.6 Å². The molecule has 0 bridgehead atoms. The van der Waals surface area contributed by atoms with Gasteiger partial charge in [0.2, 0.25) is 0 Å².